The molecule has 20 heteroatoms. The molecule has 2 aromatic carbocycles. The van der Waals surface area contributed by atoms with Crippen LogP contribution in [0.5, 0.6) is 0 Å². The maximum atomic E-state index is 15.2. The van der Waals surface area contributed by atoms with Crippen LogP contribution in [0.15, 0.2) is 53.6 Å². The fourth-order valence-corrected chi connectivity index (χ4v) is 7.54. The highest BCUT2D eigenvalue weighted by molar-refractivity contribution is 7.89. The first-order valence-corrected chi connectivity index (χ1v) is 18.6. The van der Waals surface area contributed by atoms with Crippen molar-refractivity contribution >= 4 is 26.8 Å². The number of pyridine rings is 1. The first-order valence-electron chi connectivity index (χ1n) is 17.1. The quantitative estimate of drug-likeness (QED) is 0.113. The molecule has 0 unspecified atom stereocenters. The zero-order chi connectivity index (χ0) is 41.8. The van der Waals surface area contributed by atoms with Gasteiger partial charge in [0.15, 0.2) is 5.03 Å². The van der Waals surface area contributed by atoms with E-state index in [0.717, 1.165) is 12.1 Å². The van der Waals surface area contributed by atoms with Crippen molar-refractivity contribution in [3.63, 3.8) is 0 Å². The second-order valence-electron chi connectivity index (χ2n) is 13.9. The molecule has 1 aliphatic rings. The van der Waals surface area contributed by atoms with Crippen LogP contribution in [-0.4, -0.2) is 56.6 Å². The molecular formula is C37H33F8N7O4S. The average Bonchev–Trinajstić information content (AvgIpc) is 3.68. The molecule has 6 rings (SSSR count). The number of nitrogens with zero attached hydrogens (tertiary/aromatic N) is 5. The fourth-order valence-electron chi connectivity index (χ4n) is 6.67. The zero-order valence-electron chi connectivity index (χ0n) is 30.4. The van der Waals surface area contributed by atoms with Gasteiger partial charge >= 0.3 is 0 Å². The van der Waals surface area contributed by atoms with E-state index in [0.29, 0.717) is 6.07 Å². The lowest BCUT2D eigenvalue weighted by molar-refractivity contribution is -0.123. The number of para-hydroxylation sites is 1. The van der Waals surface area contributed by atoms with Crippen LogP contribution in [0, 0.1) is 23.5 Å². The van der Waals surface area contributed by atoms with Crippen molar-refractivity contribution in [1.29, 1.82) is 0 Å². The summed E-state index contributed by atoms with van der Waals surface area (Å²) in [6.07, 6.45) is -7.02. The van der Waals surface area contributed by atoms with E-state index in [-0.39, 0.29) is 48.7 Å². The van der Waals surface area contributed by atoms with Gasteiger partial charge in [-0.3, -0.25) is 14.2 Å². The van der Waals surface area contributed by atoms with Crippen LogP contribution >= 0.6 is 0 Å². The number of hydrogen-bond acceptors (Lipinski definition) is 7. The Bertz CT molecular complexity index is 2550. The number of nitrogens with one attached hydrogen (secondary N) is 2. The number of fused-ring (bicyclic) bond motifs is 2. The molecular weight excluding hydrogens is 791 g/mol. The number of aryl methyl sites for hydroxylation is 1. The first-order chi connectivity index (χ1) is 26.5. The predicted molar refractivity (Wildman–Crippen MR) is 189 cm³/mol. The number of benzene rings is 2. The van der Waals surface area contributed by atoms with Gasteiger partial charge in [0.1, 0.15) is 40.9 Å². The second kappa shape index (κ2) is 14.8. The van der Waals surface area contributed by atoms with Crippen molar-refractivity contribution in [3.8, 4) is 23.0 Å². The normalized spacial score (nSPS) is 15.6. The summed E-state index contributed by atoms with van der Waals surface area (Å²) in [5, 5.41) is 20.1. The summed E-state index contributed by atoms with van der Waals surface area (Å²) in [6.45, 7) is 1.51. The summed E-state index contributed by atoms with van der Waals surface area (Å²) < 4.78 is 146. The molecule has 3 N–H and O–H groups in total. The summed E-state index contributed by atoms with van der Waals surface area (Å²) >= 11 is 0. The molecule has 0 fully saturated rings. The van der Waals surface area contributed by atoms with E-state index >= 15 is 8.78 Å². The molecule has 3 aromatic heterocycles. The number of carbonyl (C=O) groups is 1. The Kier molecular flexibility index (Phi) is 10.7. The molecule has 0 bridgehead atoms. The van der Waals surface area contributed by atoms with Gasteiger partial charge in [0.2, 0.25) is 5.91 Å². The van der Waals surface area contributed by atoms with Gasteiger partial charge in [0.05, 0.1) is 22.8 Å². The molecule has 302 valence electrons. The number of amides is 1. The number of alkyl halides is 6. The number of hydrogen-bond donors (Lipinski definition) is 3. The Morgan fingerprint density at radius 2 is 1.65 bits per heavy atom. The lowest BCUT2D eigenvalue weighted by Crippen LogP contribution is -2.37. The van der Waals surface area contributed by atoms with Crippen molar-refractivity contribution < 1.29 is 53.4 Å². The van der Waals surface area contributed by atoms with Gasteiger partial charge in [-0.15, -0.1) is 0 Å². The van der Waals surface area contributed by atoms with Gasteiger partial charge in [0, 0.05) is 42.5 Å². The van der Waals surface area contributed by atoms with Crippen molar-refractivity contribution in [2.75, 3.05) is 7.05 Å². The Hall–Kier alpha value is -5.39. The molecule has 1 atom stereocenters. The summed E-state index contributed by atoms with van der Waals surface area (Å²) in [5.74, 6) is -6.14. The average molecular weight is 824 g/mol. The van der Waals surface area contributed by atoms with Gasteiger partial charge in [0.25, 0.3) is 28.3 Å². The monoisotopic (exact) mass is 823 g/mol. The summed E-state index contributed by atoms with van der Waals surface area (Å²) in [7, 11) is -1.45. The lowest BCUT2D eigenvalue weighted by atomic mass is 9.89. The van der Waals surface area contributed by atoms with Gasteiger partial charge in [-0.1, -0.05) is 18.1 Å². The highest BCUT2D eigenvalue weighted by atomic mass is 32.2. The van der Waals surface area contributed by atoms with E-state index in [2.05, 4.69) is 37.1 Å². The maximum Gasteiger partial charge on any atom is 0.290 e. The van der Waals surface area contributed by atoms with Gasteiger partial charge < -0.3 is 10.4 Å². The third-order valence-electron chi connectivity index (χ3n) is 9.04. The van der Waals surface area contributed by atoms with Gasteiger partial charge in [-0.25, -0.2) is 44.5 Å². The number of sulfonamides is 1. The molecule has 0 saturated carbocycles. The van der Waals surface area contributed by atoms with Crippen molar-refractivity contribution in [2.24, 2.45) is 7.05 Å². The summed E-state index contributed by atoms with van der Waals surface area (Å²) in [6, 6.07) is 8.48. The standard InChI is InChI=1S/C37H33F8N7O4S/c1-35(2,54)11-10-22-8-9-23(24-6-5-7-25-31(24)51(4)50-34(25)57(55,56)46-3)29(47-22)26(16-19-14-20(38)17-21(39)15-19)48-27(53)18-52-32-28(30(49-52)33(40)41)36(42,43)12-13-37(32,44)45/h5-9,14-15,17,26,33,46,54H,12-13,16,18H2,1-4H3,(H,48,53)/t26-/m0/s1. The Morgan fingerprint density at radius 3 is 2.28 bits per heavy atom. The van der Waals surface area contributed by atoms with Crippen LogP contribution in [0.25, 0.3) is 22.0 Å². The minimum absolute atomic E-state index is 0.000715. The van der Waals surface area contributed by atoms with Crippen LogP contribution < -0.4 is 10.0 Å². The van der Waals surface area contributed by atoms with Crippen LogP contribution in [0.3, 0.4) is 0 Å². The lowest BCUT2D eigenvalue weighted by Gasteiger charge is -2.29. The highest BCUT2D eigenvalue weighted by Gasteiger charge is 2.55. The molecule has 11 nitrogen and oxygen atoms in total. The number of rotatable bonds is 10. The van der Waals surface area contributed by atoms with E-state index in [9.17, 15) is 44.7 Å². The zero-order valence-corrected chi connectivity index (χ0v) is 31.3. The van der Waals surface area contributed by atoms with Crippen LogP contribution in [-0.2, 0) is 46.7 Å². The number of aliphatic hydroxyl groups is 1. The number of carbonyl (C=O) groups excluding carboxylic acids is 1. The molecule has 1 aliphatic carbocycles. The molecule has 1 amide bonds. The Balaban J connectivity index is 1.55. The molecule has 3 heterocycles. The summed E-state index contributed by atoms with van der Waals surface area (Å²) in [5.41, 5.74) is -5.78. The Labute approximate surface area is 320 Å². The first kappa shape index (κ1) is 41.2. The van der Waals surface area contributed by atoms with Crippen LogP contribution in [0.2, 0.25) is 0 Å². The number of aromatic nitrogens is 5. The molecule has 0 saturated heterocycles. The fraction of sp³-hybridized carbons (Fsp3) is 0.351. The molecule has 0 spiro atoms. The van der Waals surface area contributed by atoms with Gasteiger partial charge in [-0.05, 0) is 69.1 Å². The van der Waals surface area contributed by atoms with E-state index in [1.165, 1.54) is 56.9 Å². The SMILES string of the molecule is CNS(=O)(=O)c1nn(C)c2c(-c3ccc(C#CC(C)(C)O)nc3[C@H](Cc3cc(F)cc(F)c3)NC(=O)Cn3nc(C(F)F)c4c3C(F)(F)CCC4(F)F)cccc12. The van der Waals surface area contributed by atoms with Crippen LogP contribution in [0.4, 0.5) is 35.1 Å². The highest BCUT2D eigenvalue weighted by Crippen LogP contribution is 2.52. The van der Waals surface area contributed by atoms with Crippen molar-refractivity contribution in [1.82, 2.24) is 34.6 Å². The second-order valence-corrected chi connectivity index (χ2v) is 15.7. The molecule has 0 radical (unpaired) electrons. The minimum atomic E-state index is -4.11. The van der Waals surface area contributed by atoms with Gasteiger partial charge in [-0.2, -0.15) is 19.0 Å². The van der Waals surface area contributed by atoms with E-state index in [1.54, 1.807) is 6.07 Å². The molecule has 57 heavy (non-hydrogen) atoms. The largest absolute Gasteiger partial charge is 0.378 e. The van der Waals surface area contributed by atoms with Crippen molar-refractivity contribution in [2.45, 2.75) is 74.6 Å². The van der Waals surface area contributed by atoms with Crippen molar-refractivity contribution in [3.05, 3.63) is 94.1 Å². The third-order valence-corrected chi connectivity index (χ3v) is 10.4. The minimum Gasteiger partial charge on any atom is -0.378 e. The Morgan fingerprint density at radius 1 is 0.982 bits per heavy atom. The number of halogens is 8. The third kappa shape index (κ3) is 8.36. The molecule has 0 aliphatic heterocycles. The van der Waals surface area contributed by atoms with E-state index in [1.807, 2.05) is 0 Å². The molecule has 5 aromatic rings. The predicted octanol–water partition coefficient (Wildman–Crippen LogP) is 6.16. The maximum absolute atomic E-state index is 15.2. The summed E-state index contributed by atoms with van der Waals surface area (Å²) in [4.78, 5) is 18.5. The topological polar surface area (TPSA) is 144 Å². The van der Waals surface area contributed by atoms with Crippen LogP contribution in [0.1, 0.15) is 73.1 Å². The smallest absolute Gasteiger partial charge is 0.290 e. The van der Waals surface area contributed by atoms with E-state index in [4.69, 9.17) is 0 Å². The van der Waals surface area contributed by atoms with E-state index < -0.39 is 100 Å².